The van der Waals surface area contributed by atoms with Crippen molar-refractivity contribution < 1.29 is 14.0 Å². The van der Waals surface area contributed by atoms with Gasteiger partial charge in [-0.05, 0) is 38.1 Å². The molecule has 1 aromatic rings. The van der Waals surface area contributed by atoms with Gasteiger partial charge in [0.05, 0.1) is 6.54 Å². The number of hydrogen-bond donors (Lipinski definition) is 2. The fraction of sp³-hybridized carbons (Fsp3) is 0.385. The quantitative estimate of drug-likeness (QED) is 0.863. The molecule has 0 bridgehead atoms. The third kappa shape index (κ3) is 5.54. The van der Waals surface area contributed by atoms with Gasteiger partial charge in [-0.15, -0.1) is 12.4 Å². The van der Waals surface area contributed by atoms with Gasteiger partial charge in [0.2, 0.25) is 11.8 Å². The molecule has 5 nitrogen and oxygen atoms in total. The van der Waals surface area contributed by atoms with Crippen molar-refractivity contribution in [3.63, 3.8) is 0 Å². The number of nitrogens with one attached hydrogen (secondary N) is 1. The highest BCUT2D eigenvalue weighted by molar-refractivity contribution is 5.94. The van der Waals surface area contributed by atoms with Crippen molar-refractivity contribution in [2.24, 2.45) is 5.73 Å². The van der Waals surface area contributed by atoms with Crippen molar-refractivity contribution in [2.45, 2.75) is 19.9 Å². The maximum atomic E-state index is 12.7. The number of carbonyl (C=O) groups is 2. The minimum absolute atomic E-state index is 0. The van der Waals surface area contributed by atoms with Gasteiger partial charge in [0, 0.05) is 11.7 Å². The number of benzene rings is 1. The summed E-state index contributed by atoms with van der Waals surface area (Å²) in [5, 5.41) is 2.59. The van der Waals surface area contributed by atoms with E-state index in [9.17, 15) is 14.0 Å². The highest BCUT2D eigenvalue weighted by atomic mass is 35.5. The first-order chi connectivity index (χ1) is 8.93. The van der Waals surface area contributed by atoms with E-state index in [1.54, 1.807) is 13.8 Å². The van der Waals surface area contributed by atoms with Crippen LogP contribution in [0.4, 0.5) is 10.1 Å². The van der Waals surface area contributed by atoms with Gasteiger partial charge in [0.25, 0.3) is 0 Å². The summed E-state index contributed by atoms with van der Waals surface area (Å²) in [5.41, 5.74) is 5.77. The molecule has 20 heavy (non-hydrogen) atoms. The summed E-state index contributed by atoms with van der Waals surface area (Å²) in [4.78, 5) is 24.7. The summed E-state index contributed by atoms with van der Waals surface area (Å²) in [6.07, 6.45) is 0. The molecule has 112 valence electrons. The lowest BCUT2D eigenvalue weighted by Crippen LogP contribution is -2.45. The molecule has 3 N–H and O–H groups in total. The third-order valence-electron chi connectivity index (χ3n) is 2.56. The van der Waals surface area contributed by atoms with Crippen molar-refractivity contribution in [2.75, 3.05) is 18.4 Å². The van der Waals surface area contributed by atoms with Crippen molar-refractivity contribution in [3.8, 4) is 0 Å². The molecule has 0 aliphatic heterocycles. The van der Waals surface area contributed by atoms with E-state index in [-0.39, 0.29) is 49.2 Å². The van der Waals surface area contributed by atoms with Crippen LogP contribution in [-0.2, 0) is 9.59 Å². The summed E-state index contributed by atoms with van der Waals surface area (Å²) in [5.74, 6) is -1.01. The standard InChI is InChI=1S/C13H18FN3O2.ClH/c1-9(2)17(13(19)7-15)8-12(18)16-11-5-3-10(14)4-6-11;/h3-6,9H,7-8,15H2,1-2H3,(H,16,18);1H. The number of rotatable bonds is 5. The monoisotopic (exact) mass is 303 g/mol. The van der Waals surface area contributed by atoms with Gasteiger partial charge in [-0.2, -0.15) is 0 Å². The first kappa shape index (κ1) is 18.3. The van der Waals surface area contributed by atoms with E-state index in [0.717, 1.165) is 0 Å². The number of hydrogen-bond acceptors (Lipinski definition) is 3. The van der Waals surface area contributed by atoms with Gasteiger partial charge in [-0.3, -0.25) is 9.59 Å². The van der Waals surface area contributed by atoms with Gasteiger partial charge in [0.1, 0.15) is 12.4 Å². The van der Waals surface area contributed by atoms with Crippen LogP contribution in [0.2, 0.25) is 0 Å². The average molecular weight is 304 g/mol. The number of amides is 2. The lowest BCUT2D eigenvalue weighted by Gasteiger charge is -2.25. The summed E-state index contributed by atoms with van der Waals surface area (Å²) in [6, 6.07) is 5.30. The Labute approximate surface area is 123 Å². The molecule has 1 rings (SSSR count). The highest BCUT2D eigenvalue weighted by Crippen LogP contribution is 2.08. The van der Waals surface area contributed by atoms with Crippen molar-refractivity contribution in [1.82, 2.24) is 4.90 Å². The molecule has 0 saturated heterocycles. The Bertz CT molecular complexity index is 451. The second-order valence-electron chi connectivity index (χ2n) is 4.37. The first-order valence-corrected chi connectivity index (χ1v) is 5.99. The Balaban J connectivity index is 0.00000361. The summed E-state index contributed by atoms with van der Waals surface area (Å²) in [6.45, 7) is 3.39. The minimum Gasteiger partial charge on any atom is -0.330 e. The summed E-state index contributed by atoms with van der Waals surface area (Å²) >= 11 is 0. The molecular weight excluding hydrogens is 285 g/mol. The van der Waals surface area contributed by atoms with Crippen LogP contribution >= 0.6 is 12.4 Å². The fourth-order valence-electron chi connectivity index (χ4n) is 1.56. The van der Waals surface area contributed by atoms with Crippen LogP contribution in [0.15, 0.2) is 24.3 Å². The predicted octanol–water partition coefficient (Wildman–Crippen LogP) is 1.38. The summed E-state index contributed by atoms with van der Waals surface area (Å²) < 4.78 is 12.7. The Hall–Kier alpha value is -1.66. The van der Waals surface area contributed by atoms with Gasteiger partial charge >= 0.3 is 0 Å². The minimum atomic E-state index is -0.375. The van der Waals surface area contributed by atoms with Crippen LogP contribution in [0.25, 0.3) is 0 Å². The van der Waals surface area contributed by atoms with Crippen molar-refractivity contribution in [3.05, 3.63) is 30.1 Å². The number of nitrogens with zero attached hydrogens (tertiary/aromatic N) is 1. The number of halogens is 2. The van der Waals surface area contributed by atoms with Gasteiger partial charge in [-0.25, -0.2) is 4.39 Å². The van der Waals surface area contributed by atoms with E-state index in [4.69, 9.17) is 5.73 Å². The van der Waals surface area contributed by atoms with Gasteiger partial charge in [0.15, 0.2) is 0 Å². The second-order valence-corrected chi connectivity index (χ2v) is 4.37. The van der Waals surface area contributed by atoms with Gasteiger partial charge in [-0.1, -0.05) is 0 Å². The van der Waals surface area contributed by atoms with Crippen LogP contribution < -0.4 is 11.1 Å². The smallest absolute Gasteiger partial charge is 0.244 e. The molecular formula is C13H19ClFN3O2. The van der Waals surface area contributed by atoms with Gasteiger partial charge < -0.3 is 16.0 Å². The molecule has 0 spiro atoms. The molecule has 0 heterocycles. The number of anilines is 1. The Kier molecular flexibility index (Phi) is 7.79. The van der Waals surface area contributed by atoms with E-state index in [1.165, 1.54) is 29.2 Å². The lowest BCUT2D eigenvalue weighted by atomic mass is 10.3. The van der Waals surface area contributed by atoms with E-state index in [2.05, 4.69) is 5.32 Å². The molecule has 0 aliphatic rings. The molecule has 0 radical (unpaired) electrons. The number of carbonyl (C=O) groups excluding carboxylic acids is 2. The zero-order valence-electron chi connectivity index (χ0n) is 11.4. The Morgan fingerprint density at radius 2 is 1.85 bits per heavy atom. The van der Waals surface area contributed by atoms with Crippen LogP contribution in [0, 0.1) is 5.82 Å². The molecule has 7 heteroatoms. The van der Waals surface area contributed by atoms with Crippen LogP contribution in [-0.4, -0.2) is 35.8 Å². The Morgan fingerprint density at radius 3 is 2.30 bits per heavy atom. The molecule has 2 amide bonds. The normalized spacial score (nSPS) is 9.85. The zero-order valence-corrected chi connectivity index (χ0v) is 12.2. The molecule has 1 aromatic carbocycles. The van der Waals surface area contributed by atoms with E-state index in [0.29, 0.717) is 5.69 Å². The lowest BCUT2D eigenvalue weighted by molar-refractivity contribution is -0.135. The molecule has 0 atom stereocenters. The van der Waals surface area contributed by atoms with E-state index >= 15 is 0 Å². The fourth-order valence-corrected chi connectivity index (χ4v) is 1.56. The topological polar surface area (TPSA) is 75.4 Å². The maximum absolute atomic E-state index is 12.7. The highest BCUT2D eigenvalue weighted by Gasteiger charge is 2.18. The van der Waals surface area contributed by atoms with E-state index < -0.39 is 0 Å². The van der Waals surface area contributed by atoms with E-state index in [1.807, 2.05) is 0 Å². The molecule has 0 unspecified atom stereocenters. The molecule has 0 aliphatic carbocycles. The maximum Gasteiger partial charge on any atom is 0.244 e. The molecule has 0 fully saturated rings. The molecule has 0 saturated carbocycles. The third-order valence-corrected chi connectivity index (χ3v) is 2.56. The summed E-state index contributed by atoms with van der Waals surface area (Å²) in [7, 11) is 0. The van der Waals surface area contributed by atoms with Crippen molar-refractivity contribution in [1.29, 1.82) is 0 Å². The Morgan fingerprint density at radius 1 is 1.30 bits per heavy atom. The molecule has 0 aromatic heterocycles. The van der Waals surface area contributed by atoms with Crippen LogP contribution in [0.1, 0.15) is 13.8 Å². The zero-order chi connectivity index (χ0) is 14.4. The first-order valence-electron chi connectivity index (χ1n) is 5.99. The average Bonchev–Trinajstić information content (AvgIpc) is 2.37. The number of nitrogens with two attached hydrogens (primary N) is 1. The predicted molar refractivity (Wildman–Crippen MR) is 78.2 cm³/mol. The van der Waals surface area contributed by atoms with Crippen LogP contribution in [0.3, 0.4) is 0 Å². The largest absolute Gasteiger partial charge is 0.330 e. The van der Waals surface area contributed by atoms with Crippen LogP contribution in [0.5, 0.6) is 0 Å². The van der Waals surface area contributed by atoms with Crippen molar-refractivity contribution >= 4 is 29.9 Å². The second kappa shape index (κ2) is 8.50. The SMILES string of the molecule is CC(C)N(CC(=O)Nc1ccc(F)cc1)C(=O)CN.Cl.